The molecule has 2 aliphatic rings. The lowest BCUT2D eigenvalue weighted by atomic mass is 9.98. The molecule has 0 unspecified atom stereocenters. The molecule has 1 heterocycles. The summed E-state index contributed by atoms with van der Waals surface area (Å²) in [5.41, 5.74) is 5.95. The molecule has 0 bridgehead atoms. The van der Waals surface area contributed by atoms with Gasteiger partial charge < -0.3 is 25.0 Å². The Kier molecular flexibility index (Phi) is 12.1. The van der Waals surface area contributed by atoms with E-state index in [4.69, 9.17) is 14.6 Å². The van der Waals surface area contributed by atoms with Gasteiger partial charge in [0.25, 0.3) is 0 Å². The maximum Gasteiger partial charge on any atom is 0.303 e. The Balaban J connectivity index is 1.28. The Morgan fingerprint density at radius 1 is 0.913 bits per heavy atom. The molecule has 1 aliphatic heterocycles. The molecule has 1 amide bonds. The lowest BCUT2D eigenvalue weighted by molar-refractivity contribution is -0.253. The van der Waals surface area contributed by atoms with Crippen molar-refractivity contribution in [3.05, 3.63) is 108 Å². The van der Waals surface area contributed by atoms with Crippen LogP contribution in [0, 0.1) is 0 Å². The second kappa shape index (κ2) is 16.7. The number of aliphatic carboxylic acids is 1. The minimum Gasteiger partial charge on any atom is -0.481 e. The zero-order valence-electron chi connectivity index (χ0n) is 26.5. The van der Waals surface area contributed by atoms with Crippen molar-refractivity contribution in [2.75, 3.05) is 13.1 Å². The summed E-state index contributed by atoms with van der Waals surface area (Å²) in [4.78, 5) is 25.3. The Labute approximate surface area is 272 Å². The van der Waals surface area contributed by atoms with Crippen molar-refractivity contribution in [2.24, 2.45) is 0 Å². The second-order valence-electron chi connectivity index (χ2n) is 12.4. The number of carboxylic acids is 1. The largest absolute Gasteiger partial charge is 0.481 e. The highest BCUT2D eigenvalue weighted by Gasteiger charge is 2.34. The van der Waals surface area contributed by atoms with E-state index in [0.717, 1.165) is 52.9 Å². The molecule has 0 aromatic heterocycles. The highest BCUT2D eigenvalue weighted by molar-refractivity contribution is 5.76. The second-order valence-corrected chi connectivity index (χ2v) is 12.4. The summed E-state index contributed by atoms with van der Waals surface area (Å²) in [6.45, 7) is 6.07. The molecular formula is C38H46N2O6. The first-order valence-corrected chi connectivity index (χ1v) is 16.4. The van der Waals surface area contributed by atoms with E-state index in [1.54, 1.807) is 0 Å². The molecule has 244 valence electrons. The fourth-order valence-electron chi connectivity index (χ4n) is 6.49. The van der Waals surface area contributed by atoms with Crippen LogP contribution in [-0.4, -0.2) is 52.2 Å². The highest BCUT2D eigenvalue weighted by Crippen LogP contribution is 2.39. The minimum absolute atomic E-state index is 0.0105. The first kappa shape index (κ1) is 33.5. The van der Waals surface area contributed by atoms with Crippen LogP contribution in [0.3, 0.4) is 0 Å². The monoisotopic (exact) mass is 626 g/mol. The number of carboxylic acid groups (broad SMARTS) is 1. The SMILES string of the molecule is C=CCN(C[C@@H]1C[C@H](c2ccc(CO)cc2)O[C@H](c2ccc(-c3cccc(CNC(=O)CCCC(=O)O)c3)cc2)O1)C1CCCC1. The first-order chi connectivity index (χ1) is 22.4. The summed E-state index contributed by atoms with van der Waals surface area (Å²) in [6.07, 6.45) is 7.55. The van der Waals surface area contributed by atoms with Crippen LogP contribution in [0.1, 0.15) is 86.0 Å². The number of nitrogens with one attached hydrogen (secondary N) is 1. The summed E-state index contributed by atoms with van der Waals surface area (Å²) < 4.78 is 13.2. The molecule has 3 atom stereocenters. The third-order valence-corrected chi connectivity index (χ3v) is 8.99. The number of benzene rings is 3. The Hall–Kier alpha value is -3.82. The molecule has 1 saturated heterocycles. The highest BCUT2D eigenvalue weighted by atomic mass is 16.7. The molecule has 2 fully saturated rings. The maximum absolute atomic E-state index is 12.1. The zero-order chi connectivity index (χ0) is 32.3. The molecule has 5 rings (SSSR count). The number of rotatable bonds is 15. The van der Waals surface area contributed by atoms with E-state index in [-0.39, 0.29) is 37.6 Å². The van der Waals surface area contributed by atoms with Gasteiger partial charge in [0.15, 0.2) is 6.29 Å². The van der Waals surface area contributed by atoms with Crippen molar-refractivity contribution in [3.8, 4) is 11.1 Å². The molecule has 3 aromatic carbocycles. The number of nitrogens with zero attached hydrogens (tertiary/aromatic N) is 1. The number of amides is 1. The van der Waals surface area contributed by atoms with Gasteiger partial charge in [-0.05, 0) is 53.1 Å². The van der Waals surface area contributed by atoms with Crippen molar-refractivity contribution >= 4 is 11.9 Å². The van der Waals surface area contributed by atoms with Crippen molar-refractivity contribution in [3.63, 3.8) is 0 Å². The van der Waals surface area contributed by atoms with E-state index in [1.807, 2.05) is 48.5 Å². The number of aliphatic hydroxyl groups excluding tert-OH is 1. The summed E-state index contributed by atoms with van der Waals surface area (Å²) >= 11 is 0. The third-order valence-electron chi connectivity index (χ3n) is 8.99. The van der Waals surface area contributed by atoms with Crippen LogP contribution < -0.4 is 5.32 Å². The van der Waals surface area contributed by atoms with Gasteiger partial charge in [-0.1, -0.05) is 85.6 Å². The topological polar surface area (TPSA) is 108 Å². The number of ether oxygens (including phenoxy) is 2. The number of aliphatic hydroxyl groups is 1. The van der Waals surface area contributed by atoms with Gasteiger partial charge in [-0.3, -0.25) is 14.5 Å². The van der Waals surface area contributed by atoms with Gasteiger partial charge in [0.2, 0.25) is 5.91 Å². The quantitative estimate of drug-likeness (QED) is 0.161. The fourth-order valence-corrected chi connectivity index (χ4v) is 6.49. The van der Waals surface area contributed by atoms with Gasteiger partial charge in [-0.25, -0.2) is 0 Å². The average Bonchev–Trinajstić information content (AvgIpc) is 3.62. The van der Waals surface area contributed by atoms with Crippen molar-refractivity contribution in [1.29, 1.82) is 0 Å². The number of hydrogen-bond acceptors (Lipinski definition) is 6. The van der Waals surface area contributed by atoms with Crippen molar-refractivity contribution < 1.29 is 29.3 Å². The predicted octanol–water partition coefficient (Wildman–Crippen LogP) is 6.69. The van der Waals surface area contributed by atoms with E-state index < -0.39 is 12.3 Å². The Bertz CT molecular complexity index is 1430. The first-order valence-electron chi connectivity index (χ1n) is 16.4. The molecule has 1 aliphatic carbocycles. The van der Waals surface area contributed by atoms with E-state index in [0.29, 0.717) is 19.0 Å². The van der Waals surface area contributed by atoms with E-state index in [9.17, 15) is 14.7 Å². The Morgan fingerprint density at radius 2 is 1.65 bits per heavy atom. The number of carbonyl (C=O) groups is 2. The summed E-state index contributed by atoms with van der Waals surface area (Å²) in [6, 6.07) is 24.9. The molecule has 3 N–H and O–H groups in total. The molecule has 0 spiro atoms. The molecule has 0 radical (unpaired) electrons. The number of carbonyl (C=O) groups excluding carboxylic acids is 1. The van der Waals surface area contributed by atoms with Gasteiger partial charge in [0, 0.05) is 50.5 Å². The average molecular weight is 627 g/mol. The lowest BCUT2D eigenvalue weighted by Crippen LogP contribution is -2.43. The van der Waals surface area contributed by atoms with Gasteiger partial charge in [0.1, 0.15) is 0 Å². The number of hydrogen-bond donors (Lipinski definition) is 3. The molecule has 3 aromatic rings. The van der Waals surface area contributed by atoms with Gasteiger partial charge in [-0.2, -0.15) is 0 Å². The summed E-state index contributed by atoms with van der Waals surface area (Å²) in [7, 11) is 0. The van der Waals surface area contributed by atoms with Crippen LogP contribution in [0.4, 0.5) is 0 Å². The van der Waals surface area contributed by atoms with Crippen LogP contribution in [0.15, 0.2) is 85.5 Å². The maximum atomic E-state index is 12.1. The predicted molar refractivity (Wildman–Crippen MR) is 178 cm³/mol. The van der Waals surface area contributed by atoms with Gasteiger partial charge >= 0.3 is 5.97 Å². The van der Waals surface area contributed by atoms with E-state index in [2.05, 4.69) is 47.1 Å². The summed E-state index contributed by atoms with van der Waals surface area (Å²) in [5, 5.41) is 21.2. The van der Waals surface area contributed by atoms with Crippen molar-refractivity contribution in [2.45, 2.75) is 89.1 Å². The van der Waals surface area contributed by atoms with Crippen LogP contribution in [0.2, 0.25) is 0 Å². The van der Waals surface area contributed by atoms with Crippen LogP contribution in [0.5, 0.6) is 0 Å². The lowest BCUT2D eigenvalue weighted by Gasteiger charge is -2.39. The Morgan fingerprint density at radius 3 is 2.35 bits per heavy atom. The molecular weight excluding hydrogens is 580 g/mol. The molecule has 1 saturated carbocycles. The molecule has 8 nitrogen and oxygen atoms in total. The summed E-state index contributed by atoms with van der Waals surface area (Å²) in [5.74, 6) is -1.05. The van der Waals surface area contributed by atoms with Crippen LogP contribution in [0.25, 0.3) is 11.1 Å². The third kappa shape index (κ3) is 9.36. The smallest absolute Gasteiger partial charge is 0.303 e. The van der Waals surface area contributed by atoms with E-state index >= 15 is 0 Å². The van der Waals surface area contributed by atoms with Crippen LogP contribution in [-0.2, 0) is 32.2 Å². The normalized spacial score (nSPS) is 20.1. The standard InChI is InChI=1S/C38H46N2O6/c1-2-21-40(33-9-3-4-10-33)25-34-23-35(30-15-13-27(26-41)14-16-30)46-38(45-34)31-19-17-29(18-20-31)32-8-5-7-28(22-32)24-39-36(42)11-6-12-37(43)44/h2,5,7-8,13-20,22,33-35,38,41H,1,3-4,6,9-12,21,23-26H2,(H,39,42)(H,43,44)/t34-,35+,38+/m0/s1. The van der Waals surface area contributed by atoms with Gasteiger partial charge in [0.05, 0.1) is 18.8 Å². The van der Waals surface area contributed by atoms with Crippen LogP contribution >= 0.6 is 0 Å². The van der Waals surface area contributed by atoms with Crippen molar-refractivity contribution in [1.82, 2.24) is 10.2 Å². The zero-order valence-corrected chi connectivity index (χ0v) is 26.5. The molecule has 46 heavy (non-hydrogen) atoms. The molecule has 8 heteroatoms. The van der Waals surface area contributed by atoms with E-state index in [1.165, 1.54) is 25.7 Å². The van der Waals surface area contributed by atoms with Gasteiger partial charge in [-0.15, -0.1) is 6.58 Å². The fraction of sp³-hybridized carbons (Fsp3) is 0.421. The minimum atomic E-state index is -0.893.